The van der Waals surface area contributed by atoms with Crippen molar-refractivity contribution >= 4 is 25.7 Å². The Balaban J connectivity index is 4.85. The number of phosphoric acid groups is 1. The maximum atomic E-state index is 12.9. The zero-order chi connectivity index (χ0) is 58.3. The fourth-order valence-electron chi connectivity index (χ4n) is 7.64. The molecule has 0 heterocycles. The number of ether oxygens (including phenoxy) is 3. The van der Waals surface area contributed by atoms with Gasteiger partial charge in [-0.3, -0.25) is 23.4 Å². The molecule has 80 heavy (non-hydrogen) atoms. The lowest BCUT2D eigenvalue weighted by molar-refractivity contribution is -0.161. The summed E-state index contributed by atoms with van der Waals surface area (Å²) in [5, 5.41) is 9.85. The summed E-state index contributed by atoms with van der Waals surface area (Å²) in [4.78, 5) is 48.6. The van der Waals surface area contributed by atoms with E-state index in [1.807, 2.05) is 12.2 Å². The number of unbranched alkanes of at least 4 members (excludes halogenated alkanes) is 14. The van der Waals surface area contributed by atoms with Gasteiger partial charge in [-0.25, -0.2) is 4.57 Å². The monoisotopic (exact) mass is 1130 g/mol. The molecular formula is C68H109O11P. The summed E-state index contributed by atoms with van der Waals surface area (Å²) in [5.74, 6) is -1.62. The molecule has 0 saturated carbocycles. The largest absolute Gasteiger partial charge is 0.472 e. The van der Waals surface area contributed by atoms with Gasteiger partial charge < -0.3 is 24.2 Å². The van der Waals surface area contributed by atoms with Crippen LogP contribution in [0.1, 0.15) is 226 Å². The van der Waals surface area contributed by atoms with E-state index < -0.39 is 57.8 Å². The molecule has 0 aromatic heterocycles. The molecule has 3 unspecified atom stereocenters. The number of hydrogen-bond donors (Lipinski definition) is 2. The van der Waals surface area contributed by atoms with Gasteiger partial charge in [0, 0.05) is 19.3 Å². The van der Waals surface area contributed by atoms with Crippen molar-refractivity contribution in [2.45, 2.75) is 238 Å². The van der Waals surface area contributed by atoms with Crippen LogP contribution in [0.3, 0.4) is 0 Å². The fourth-order valence-corrected chi connectivity index (χ4v) is 8.42. The first kappa shape index (κ1) is 75.4. The number of hydrogen-bond acceptors (Lipinski definition) is 10. The lowest BCUT2D eigenvalue weighted by atomic mass is 10.1. The van der Waals surface area contributed by atoms with Crippen molar-refractivity contribution in [2.24, 2.45) is 0 Å². The zero-order valence-electron chi connectivity index (χ0n) is 50.0. The number of rotatable bonds is 55. The van der Waals surface area contributed by atoms with E-state index in [1.54, 1.807) is 0 Å². The van der Waals surface area contributed by atoms with Gasteiger partial charge in [0.15, 0.2) is 6.10 Å². The van der Waals surface area contributed by atoms with Crippen molar-refractivity contribution in [3.05, 3.63) is 146 Å². The number of carbonyl (C=O) groups is 3. The van der Waals surface area contributed by atoms with Gasteiger partial charge in [0.2, 0.25) is 0 Å². The van der Waals surface area contributed by atoms with Crippen molar-refractivity contribution < 1.29 is 52.2 Å². The summed E-state index contributed by atoms with van der Waals surface area (Å²) < 4.78 is 39.5. The second-order valence-electron chi connectivity index (χ2n) is 19.7. The SMILES string of the molecule is CC/C=C\C/C=C\C/C=C\C/C=C\C/C=C\C/C=C\CCC(=O)OC(COC(=O)CCCCCCC/C=C\C/C=C\C/C=C\CC)COP(=O)(O)OCC(CO)OC(=O)CCCCCCCC/C=C\C/C=C\C/C=C\CCCCC. The highest BCUT2D eigenvalue weighted by Gasteiger charge is 2.28. The van der Waals surface area contributed by atoms with Crippen molar-refractivity contribution in [2.75, 3.05) is 26.4 Å². The molecule has 0 spiro atoms. The maximum Gasteiger partial charge on any atom is 0.472 e. The number of phosphoric ester groups is 1. The second-order valence-corrected chi connectivity index (χ2v) is 21.2. The lowest BCUT2D eigenvalue weighted by Crippen LogP contribution is -2.30. The Labute approximate surface area is 486 Å². The van der Waals surface area contributed by atoms with E-state index in [4.69, 9.17) is 23.3 Å². The first-order valence-electron chi connectivity index (χ1n) is 30.7. The summed E-state index contributed by atoms with van der Waals surface area (Å²) in [6.45, 7) is 4.26. The average Bonchev–Trinajstić information content (AvgIpc) is 3.45. The predicted molar refractivity (Wildman–Crippen MR) is 334 cm³/mol. The molecule has 0 saturated heterocycles. The second kappa shape index (κ2) is 60.5. The molecule has 0 aromatic carbocycles. The predicted octanol–water partition coefficient (Wildman–Crippen LogP) is 18.7. The van der Waals surface area contributed by atoms with E-state index in [0.29, 0.717) is 25.7 Å². The van der Waals surface area contributed by atoms with E-state index in [0.717, 1.165) is 135 Å². The van der Waals surface area contributed by atoms with Gasteiger partial charge in [-0.2, -0.15) is 0 Å². The molecule has 0 fully saturated rings. The number of esters is 3. The van der Waals surface area contributed by atoms with Crippen LogP contribution in [0.2, 0.25) is 0 Å². The minimum Gasteiger partial charge on any atom is -0.462 e. The summed E-state index contributed by atoms with van der Waals surface area (Å²) in [7, 11) is -4.79. The van der Waals surface area contributed by atoms with Crippen molar-refractivity contribution in [1.82, 2.24) is 0 Å². The molecule has 0 aliphatic rings. The Hall–Kier alpha value is -4.64. The fraction of sp³-hybridized carbons (Fsp3) is 0.603. The normalized spacial score (nSPS) is 14.3. The molecule has 0 aromatic rings. The maximum absolute atomic E-state index is 12.9. The molecular weight excluding hydrogens is 1020 g/mol. The van der Waals surface area contributed by atoms with E-state index in [2.05, 4.69) is 154 Å². The number of aliphatic hydroxyl groups excluding tert-OH is 1. The first-order chi connectivity index (χ1) is 39.2. The standard InChI is InChI=1S/C68H109O11P/c1-4-7-10-13-16-19-22-25-28-30-32-34-37-40-43-46-49-52-55-58-67(71)78-64(60-69)62-76-80(73,74)77-63-65(61-75-66(70)57-54-51-48-45-42-39-36-27-24-21-18-15-12-9-6-3)79-68(72)59-56-53-50-47-44-41-38-35-33-31-29-26-23-20-17-14-11-8-5-2/h8-9,11-12,16-21,25-29,32-36,41,44,50,53,64-65,69H,4-7,10,13-15,22-24,30-31,37-40,42-43,45-49,51-52,54-63H2,1-3H3,(H,73,74)/b11-8-,12-9-,19-16-,20-17-,21-18-,28-25-,29-26-,34-32-,35-33-,36-27-,44-41-,53-50-. The van der Waals surface area contributed by atoms with Crippen LogP contribution in [0, 0.1) is 0 Å². The molecule has 0 rings (SSSR count). The van der Waals surface area contributed by atoms with Crippen molar-refractivity contribution in [3.8, 4) is 0 Å². The molecule has 2 N–H and O–H groups in total. The van der Waals surface area contributed by atoms with Crippen LogP contribution in [0.15, 0.2) is 146 Å². The van der Waals surface area contributed by atoms with Gasteiger partial charge in [0.1, 0.15) is 12.7 Å². The summed E-state index contributed by atoms with van der Waals surface area (Å²) in [6, 6.07) is 0. The highest BCUT2D eigenvalue weighted by atomic mass is 31.2. The minimum atomic E-state index is -4.79. The van der Waals surface area contributed by atoms with Crippen LogP contribution >= 0.6 is 7.82 Å². The van der Waals surface area contributed by atoms with E-state index in [9.17, 15) is 28.9 Å². The highest BCUT2D eigenvalue weighted by Crippen LogP contribution is 2.43. The van der Waals surface area contributed by atoms with Crippen LogP contribution in [0.25, 0.3) is 0 Å². The average molecular weight is 1130 g/mol. The minimum absolute atomic E-state index is 0.0293. The van der Waals surface area contributed by atoms with Crippen LogP contribution in [0.5, 0.6) is 0 Å². The van der Waals surface area contributed by atoms with E-state index >= 15 is 0 Å². The Morgan fingerprint density at radius 2 is 0.675 bits per heavy atom. The molecule has 452 valence electrons. The summed E-state index contributed by atoms with van der Waals surface area (Å²) in [6.07, 6.45) is 78.1. The smallest absolute Gasteiger partial charge is 0.462 e. The van der Waals surface area contributed by atoms with Gasteiger partial charge in [0.05, 0.1) is 19.8 Å². The third-order valence-corrected chi connectivity index (χ3v) is 13.2. The Morgan fingerprint density at radius 1 is 0.362 bits per heavy atom. The van der Waals surface area contributed by atoms with Crippen molar-refractivity contribution in [1.29, 1.82) is 0 Å². The molecule has 0 radical (unpaired) electrons. The molecule has 3 atom stereocenters. The van der Waals surface area contributed by atoms with Gasteiger partial charge in [-0.05, 0) is 128 Å². The Kier molecular flexibility index (Phi) is 56.9. The van der Waals surface area contributed by atoms with Gasteiger partial charge in [-0.1, -0.05) is 224 Å². The molecule has 12 heteroatoms. The quantitative estimate of drug-likeness (QED) is 0.0197. The van der Waals surface area contributed by atoms with E-state index in [1.165, 1.54) is 25.7 Å². The number of aliphatic hydroxyl groups is 1. The summed E-state index contributed by atoms with van der Waals surface area (Å²) in [5.41, 5.74) is 0. The van der Waals surface area contributed by atoms with Gasteiger partial charge in [0.25, 0.3) is 0 Å². The third-order valence-electron chi connectivity index (χ3n) is 12.2. The Bertz CT molecular complexity index is 1900. The molecule has 0 bridgehead atoms. The summed E-state index contributed by atoms with van der Waals surface area (Å²) >= 11 is 0. The zero-order valence-corrected chi connectivity index (χ0v) is 50.9. The van der Waals surface area contributed by atoms with Crippen LogP contribution < -0.4 is 0 Å². The highest BCUT2D eigenvalue weighted by molar-refractivity contribution is 7.47. The van der Waals surface area contributed by atoms with Crippen molar-refractivity contribution in [3.63, 3.8) is 0 Å². The van der Waals surface area contributed by atoms with Crippen LogP contribution in [0.4, 0.5) is 0 Å². The van der Waals surface area contributed by atoms with Crippen LogP contribution in [-0.4, -0.2) is 66.5 Å². The van der Waals surface area contributed by atoms with Gasteiger partial charge in [-0.15, -0.1) is 0 Å². The van der Waals surface area contributed by atoms with Gasteiger partial charge >= 0.3 is 25.7 Å². The topological polar surface area (TPSA) is 155 Å². The Morgan fingerprint density at radius 3 is 1.07 bits per heavy atom. The number of carbonyl (C=O) groups excluding carboxylic acids is 3. The first-order valence-corrected chi connectivity index (χ1v) is 32.2. The van der Waals surface area contributed by atoms with Crippen LogP contribution in [-0.2, 0) is 42.2 Å². The molecule has 0 aliphatic carbocycles. The molecule has 0 aliphatic heterocycles. The van der Waals surface area contributed by atoms with E-state index in [-0.39, 0.29) is 25.9 Å². The molecule has 0 amide bonds. The number of allylic oxidation sites excluding steroid dienone is 24. The third kappa shape index (κ3) is 58.0. The lowest BCUT2D eigenvalue weighted by Gasteiger charge is -2.21. The molecule has 11 nitrogen and oxygen atoms in total.